The van der Waals surface area contributed by atoms with Gasteiger partial charge in [0.25, 0.3) is 5.91 Å². The number of benzene rings is 3. The number of anilines is 2. The number of nitrogens with one attached hydrogen (secondary N) is 1. The van der Waals surface area contributed by atoms with E-state index in [1.165, 1.54) is 11.3 Å². The average molecular weight is 482 g/mol. The van der Waals surface area contributed by atoms with Crippen molar-refractivity contribution in [2.24, 2.45) is 0 Å². The number of hydrogen-bond acceptors (Lipinski definition) is 5. The third-order valence-corrected chi connectivity index (χ3v) is 6.53. The van der Waals surface area contributed by atoms with E-state index in [4.69, 9.17) is 4.74 Å². The summed E-state index contributed by atoms with van der Waals surface area (Å²) >= 11 is 1.36. The Labute approximate surface area is 207 Å². The third kappa shape index (κ3) is 4.72. The molecule has 3 aromatic carbocycles. The van der Waals surface area contributed by atoms with Crippen LogP contribution in [0, 0.1) is 0 Å². The molecule has 5 rings (SSSR count). The molecule has 1 aliphatic rings. The molecule has 1 aliphatic heterocycles. The zero-order valence-corrected chi connectivity index (χ0v) is 19.7. The maximum Gasteiger partial charge on any atom is 0.265 e. The second kappa shape index (κ2) is 9.95. The molecule has 0 unspecified atom stereocenters. The number of carbonyl (C=O) groups is 2. The summed E-state index contributed by atoms with van der Waals surface area (Å²) in [6, 6.07) is 25.0. The Hall–Kier alpha value is -4.23. The van der Waals surface area contributed by atoms with Gasteiger partial charge in [0.2, 0.25) is 5.91 Å². The van der Waals surface area contributed by atoms with Gasteiger partial charge in [-0.15, -0.1) is 17.9 Å². The van der Waals surface area contributed by atoms with Crippen LogP contribution in [0.3, 0.4) is 0 Å². The van der Waals surface area contributed by atoms with Crippen LogP contribution in [0.5, 0.6) is 5.75 Å². The Morgan fingerprint density at radius 3 is 2.43 bits per heavy atom. The van der Waals surface area contributed by atoms with E-state index in [9.17, 15) is 9.59 Å². The van der Waals surface area contributed by atoms with Gasteiger partial charge >= 0.3 is 0 Å². The van der Waals surface area contributed by atoms with Crippen LogP contribution in [0.15, 0.2) is 96.9 Å². The second-order valence-corrected chi connectivity index (χ2v) is 8.90. The quantitative estimate of drug-likeness (QED) is 0.354. The number of ether oxygens (including phenoxy) is 1. The summed E-state index contributed by atoms with van der Waals surface area (Å²) in [4.78, 5) is 32.0. The van der Waals surface area contributed by atoms with Gasteiger partial charge in [0.05, 0.1) is 17.3 Å². The molecule has 174 valence electrons. The molecule has 7 heteroatoms. The van der Waals surface area contributed by atoms with Crippen LogP contribution in [-0.4, -0.2) is 29.9 Å². The summed E-state index contributed by atoms with van der Waals surface area (Å²) < 4.78 is 5.57. The Morgan fingerprint density at radius 2 is 1.77 bits per heavy atom. The molecule has 0 saturated carbocycles. The minimum absolute atomic E-state index is 0.0110. The van der Waals surface area contributed by atoms with Crippen molar-refractivity contribution in [2.75, 3.05) is 23.4 Å². The fraction of sp³-hybridized carbons (Fsp3) is 0.107. The maximum absolute atomic E-state index is 13.4. The van der Waals surface area contributed by atoms with E-state index in [-0.39, 0.29) is 18.4 Å². The SMILES string of the molecule is C=CCN1C(=O)COc2ccc(-c3csc(NC(=O)C(c4ccccc4)c4ccccc4)n3)cc21. The summed E-state index contributed by atoms with van der Waals surface area (Å²) in [5.74, 6) is -0.0739. The van der Waals surface area contributed by atoms with Crippen molar-refractivity contribution in [1.29, 1.82) is 0 Å². The fourth-order valence-electron chi connectivity index (χ4n) is 4.12. The number of carbonyl (C=O) groups excluding carboxylic acids is 2. The highest BCUT2D eigenvalue weighted by atomic mass is 32.1. The van der Waals surface area contributed by atoms with Gasteiger partial charge in [0.15, 0.2) is 11.7 Å². The first-order valence-electron chi connectivity index (χ1n) is 11.2. The van der Waals surface area contributed by atoms with Crippen molar-refractivity contribution < 1.29 is 14.3 Å². The molecule has 35 heavy (non-hydrogen) atoms. The van der Waals surface area contributed by atoms with Crippen molar-refractivity contribution in [3.63, 3.8) is 0 Å². The lowest BCUT2D eigenvalue weighted by Gasteiger charge is -2.28. The smallest absolute Gasteiger partial charge is 0.265 e. The van der Waals surface area contributed by atoms with Crippen molar-refractivity contribution in [3.05, 3.63) is 108 Å². The van der Waals surface area contributed by atoms with Gasteiger partial charge in [0, 0.05) is 17.5 Å². The molecule has 0 aliphatic carbocycles. The number of amides is 2. The Kier molecular flexibility index (Phi) is 6.41. The van der Waals surface area contributed by atoms with E-state index in [1.807, 2.05) is 84.2 Å². The minimum atomic E-state index is -0.455. The molecule has 0 spiro atoms. The molecule has 0 atom stereocenters. The predicted molar refractivity (Wildman–Crippen MR) is 139 cm³/mol. The van der Waals surface area contributed by atoms with Gasteiger partial charge in [-0.1, -0.05) is 66.7 Å². The Bertz CT molecular complexity index is 1330. The molecule has 0 radical (unpaired) electrons. The number of fused-ring (bicyclic) bond motifs is 1. The van der Waals surface area contributed by atoms with Crippen molar-refractivity contribution in [1.82, 2.24) is 4.98 Å². The van der Waals surface area contributed by atoms with Gasteiger partial charge in [-0.05, 0) is 29.3 Å². The number of hydrogen-bond donors (Lipinski definition) is 1. The van der Waals surface area contributed by atoms with Crippen LogP contribution in [-0.2, 0) is 9.59 Å². The van der Waals surface area contributed by atoms with E-state index in [0.29, 0.717) is 28.8 Å². The first-order valence-corrected chi connectivity index (χ1v) is 12.1. The number of rotatable bonds is 7. The van der Waals surface area contributed by atoms with Gasteiger partial charge in [-0.2, -0.15) is 0 Å². The molecule has 0 fully saturated rings. The van der Waals surface area contributed by atoms with Crippen LogP contribution in [0.4, 0.5) is 10.8 Å². The van der Waals surface area contributed by atoms with E-state index in [1.54, 1.807) is 11.0 Å². The summed E-state index contributed by atoms with van der Waals surface area (Å²) in [5.41, 5.74) is 4.05. The van der Waals surface area contributed by atoms with Crippen molar-refractivity contribution >= 4 is 34.0 Å². The predicted octanol–water partition coefficient (Wildman–Crippen LogP) is 5.49. The molecular formula is C28H23N3O3S. The average Bonchev–Trinajstić information content (AvgIpc) is 3.35. The molecule has 2 heterocycles. The largest absolute Gasteiger partial charge is 0.482 e. The normalized spacial score (nSPS) is 12.7. The summed E-state index contributed by atoms with van der Waals surface area (Å²) in [7, 11) is 0. The van der Waals surface area contributed by atoms with Crippen molar-refractivity contribution in [3.8, 4) is 17.0 Å². The molecular weight excluding hydrogens is 458 g/mol. The van der Waals surface area contributed by atoms with Crippen LogP contribution < -0.4 is 15.0 Å². The third-order valence-electron chi connectivity index (χ3n) is 5.77. The fourth-order valence-corrected chi connectivity index (χ4v) is 4.84. The topological polar surface area (TPSA) is 71.5 Å². The highest BCUT2D eigenvalue weighted by molar-refractivity contribution is 7.14. The molecule has 6 nitrogen and oxygen atoms in total. The van der Waals surface area contributed by atoms with E-state index in [0.717, 1.165) is 16.7 Å². The highest BCUT2D eigenvalue weighted by Crippen LogP contribution is 2.37. The van der Waals surface area contributed by atoms with Crippen molar-refractivity contribution in [2.45, 2.75) is 5.92 Å². The summed E-state index contributed by atoms with van der Waals surface area (Å²) in [5, 5.41) is 5.39. The van der Waals surface area contributed by atoms with Gasteiger partial charge in [-0.3, -0.25) is 9.59 Å². The standard InChI is InChI=1S/C28H23N3O3S/c1-2-15-31-23-16-21(13-14-24(23)34-17-25(31)32)22-18-35-28(29-22)30-27(33)26(19-9-5-3-6-10-19)20-11-7-4-8-12-20/h2-14,16,18,26H,1,15,17H2,(H,29,30,33). The Balaban J connectivity index is 1.40. The van der Waals surface area contributed by atoms with Crippen LogP contribution in [0.1, 0.15) is 17.0 Å². The first kappa shape index (κ1) is 22.6. The molecule has 4 aromatic rings. The van der Waals surface area contributed by atoms with Gasteiger partial charge in [-0.25, -0.2) is 4.98 Å². The lowest BCUT2D eigenvalue weighted by atomic mass is 9.90. The zero-order chi connectivity index (χ0) is 24.2. The minimum Gasteiger partial charge on any atom is -0.482 e. The molecule has 2 amide bonds. The number of thiazole rings is 1. The number of aromatic nitrogens is 1. The zero-order valence-electron chi connectivity index (χ0n) is 18.9. The first-order chi connectivity index (χ1) is 17.1. The molecule has 1 N–H and O–H groups in total. The molecule has 0 saturated heterocycles. The molecule has 0 bridgehead atoms. The van der Waals surface area contributed by atoms with E-state index in [2.05, 4.69) is 16.9 Å². The second-order valence-electron chi connectivity index (χ2n) is 8.05. The summed E-state index contributed by atoms with van der Waals surface area (Å²) in [6.45, 7) is 4.16. The number of nitrogens with zero attached hydrogens (tertiary/aromatic N) is 2. The lowest BCUT2D eigenvalue weighted by Crippen LogP contribution is -2.38. The van der Waals surface area contributed by atoms with Gasteiger partial charge < -0.3 is 15.0 Å². The van der Waals surface area contributed by atoms with Gasteiger partial charge in [0.1, 0.15) is 5.75 Å². The monoisotopic (exact) mass is 481 g/mol. The van der Waals surface area contributed by atoms with Crippen LogP contribution in [0.25, 0.3) is 11.3 Å². The maximum atomic E-state index is 13.4. The van der Waals surface area contributed by atoms with Crippen LogP contribution in [0.2, 0.25) is 0 Å². The highest BCUT2D eigenvalue weighted by Gasteiger charge is 2.26. The lowest BCUT2D eigenvalue weighted by molar-refractivity contribution is -0.121. The molecule has 1 aromatic heterocycles. The van der Waals surface area contributed by atoms with Crippen LogP contribution >= 0.6 is 11.3 Å². The Morgan fingerprint density at radius 1 is 1.09 bits per heavy atom. The van der Waals surface area contributed by atoms with E-state index < -0.39 is 5.92 Å². The summed E-state index contributed by atoms with van der Waals surface area (Å²) in [6.07, 6.45) is 1.69. The van der Waals surface area contributed by atoms with E-state index >= 15 is 0 Å².